The van der Waals surface area contributed by atoms with Crippen molar-refractivity contribution >= 4 is 16.8 Å². The normalized spacial score (nSPS) is 12.3. The van der Waals surface area contributed by atoms with Crippen molar-refractivity contribution in [2.45, 2.75) is 38.4 Å². The molecule has 0 amide bonds. The lowest BCUT2D eigenvalue weighted by Gasteiger charge is -2.03. The maximum Gasteiger partial charge on any atom is 0.335 e. The Morgan fingerprint density at radius 2 is 1.83 bits per heavy atom. The van der Waals surface area contributed by atoms with Gasteiger partial charge in [0.2, 0.25) is 0 Å². The lowest BCUT2D eigenvalue weighted by atomic mass is 10.1. The van der Waals surface area contributed by atoms with Crippen molar-refractivity contribution in [1.29, 1.82) is 0 Å². The molecule has 0 saturated carbocycles. The third-order valence-electron chi connectivity index (χ3n) is 2.75. The van der Waals surface area contributed by atoms with Gasteiger partial charge in [0, 0.05) is 22.3 Å². The Bertz CT molecular complexity index is 398. The predicted molar refractivity (Wildman–Crippen MR) is 74.3 cm³/mol. The molecule has 100 valence electrons. The molecule has 1 N–H and O–H groups in total. The molecule has 0 aliphatic carbocycles. The average Bonchev–Trinajstić information content (AvgIpc) is 2.35. The number of hydrogen-bond donors (Lipinski definition) is 1. The number of unbranched alkanes of at least 4 members (excludes halogenated alkanes) is 3. The van der Waals surface area contributed by atoms with E-state index in [0.29, 0.717) is 5.75 Å². The molecule has 0 aliphatic rings. The topological polar surface area (TPSA) is 54.4 Å². The highest BCUT2D eigenvalue weighted by molar-refractivity contribution is 7.84. The van der Waals surface area contributed by atoms with Crippen molar-refractivity contribution in [1.82, 2.24) is 0 Å². The van der Waals surface area contributed by atoms with Gasteiger partial charge >= 0.3 is 5.97 Å². The first-order chi connectivity index (χ1) is 8.63. The van der Waals surface area contributed by atoms with Crippen LogP contribution in [0.1, 0.15) is 48.5 Å². The summed E-state index contributed by atoms with van der Waals surface area (Å²) in [5.41, 5.74) is 1.21. The molecule has 0 heterocycles. The lowest BCUT2D eigenvalue weighted by molar-refractivity contribution is 0.0697. The average molecular weight is 268 g/mol. The summed E-state index contributed by atoms with van der Waals surface area (Å²) < 4.78 is 11.8. The zero-order valence-electron chi connectivity index (χ0n) is 10.7. The molecule has 0 fully saturated rings. The Balaban J connectivity index is 2.37. The van der Waals surface area contributed by atoms with E-state index in [0.717, 1.165) is 24.2 Å². The van der Waals surface area contributed by atoms with Gasteiger partial charge < -0.3 is 5.11 Å². The first kappa shape index (κ1) is 14.9. The van der Waals surface area contributed by atoms with Crippen LogP contribution in [0, 0.1) is 0 Å². The Morgan fingerprint density at radius 1 is 1.17 bits per heavy atom. The molecule has 1 aromatic rings. The third kappa shape index (κ3) is 5.45. The van der Waals surface area contributed by atoms with Gasteiger partial charge in [-0.1, -0.05) is 38.3 Å². The number of hydrogen-bond acceptors (Lipinski definition) is 2. The number of aromatic carboxylic acids is 1. The second-order valence-corrected chi connectivity index (χ2v) is 5.93. The quantitative estimate of drug-likeness (QED) is 0.736. The summed E-state index contributed by atoms with van der Waals surface area (Å²) in [5.74, 6) is 0.328. The highest BCUT2D eigenvalue weighted by Gasteiger charge is 2.04. The molecule has 18 heavy (non-hydrogen) atoms. The highest BCUT2D eigenvalue weighted by atomic mass is 32.2. The Morgan fingerprint density at radius 3 is 2.39 bits per heavy atom. The smallest absolute Gasteiger partial charge is 0.335 e. The minimum Gasteiger partial charge on any atom is -0.478 e. The summed E-state index contributed by atoms with van der Waals surface area (Å²) in [6.45, 7) is 2.15. The Kier molecular flexibility index (Phi) is 6.65. The maximum atomic E-state index is 11.8. The van der Waals surface area contributed by atoms with Crippen LogP contribution < -0.4 is 0 Å². The largest absolute Gasteiger partial charge is 0.478 e. The molecule has 1 aromatic carbocycles. The van der Waals surface area contributed by atoms with Crippen LogP contribution in [0.4, 0.5) is 0 Å². The standard InChI is InChI=1S/C14H20O3S/c1-2-3-4-5-10-18(17)11-12-6-8-13(9-7-12)14(15)16/h6-9H,2-5,10-11H2,1H3,(H,15,16). The summed E-state index contributed by atoms with van der Waals surface area (Å²) in [5, 5.41) is 8.76. The zero-order chi connectivity index (χ0) is 13.4. The van der Waals surface area contributed by atoms with E-state index >= 15 is 0 Å². The van der Waals surface area contributed by atoms with Crippen molar-refractivity contribution in [2.24, 2.45) is 0 Å². The predicted octanol–water partition coefficient (Wildman–Crippen LogP) is 3.21. The number of rotatable bonds is 8. The summed E-state index contributed by atoms with van der Waals surface area (Å²) in [4.78, 5) is 10.7. The van der Waals surface area contributed by atoms with Gasteiger partial charge in [-0.2, -0.15) is 0 Å². The molecule has 4 heteroatoms. The van der Waals surface area contributed by atoms with Gasteiger partial charge in [0.1, 0.15) is 0 Å². The van der Waals surface area contributed by atoms with E-state index in [1.54, 1.807) is 24.3 Å². The van der Waals surface area contributed by atoms with Crippen LogP contribution in [-0.4, -0.2) is 21.0 Å². The molecule has 0 spiro atoms. The molecule has 0 aromatic heterocycles. The van der Waals surface area contributed by atoms with Crippen LogP contribution in [0.2, 0.25) is 0 Å². The van der Waals surface area contributed by atoms with Crippen molar-refractivity contribution in [3.8, 4) is 0 Å². The van der Waals surface area contributed by atoms with Crippen LogP contribution in [0.15, 0.2) is 24.3 Å². The second kappa shape index (κ2) is 8.03. The van der Waals surface area contributed by atoms with Crippen molar-refractivity contribution in [2.75, 3.05) is 5.75 Å². The van der Waals surface area contributed by atoms with E-state index < -0.39 is 16.8 Å². The van der Waals surface area contributed by atoms with Gasteiger partial charge in [0.25, 0.3) is 0 Å². The molecule has 1 rings (SSSR count). The van der Waals surface area contributed by atoms with E-state index in [1.165, 1.54) is 12.8 Å². The van der Waals surface area contributed by atoms with Gasteiger partial charge in [-0.15, -0.1) is 0 Å². The van der Waals surface area contributed by atoms with Gasteiger partial charge in [0.15, 0.2) is 0 Å². The minimum absolute atomic E-state index is 0.271. The summed E-state index contributed by atoms with van der Waals surface area (Å²) in [6.07, 6.45) is 4.53. The zero-order valence-corrected chi connectivity index (χ0v) is 11.5. The van der Waals surface area contributed by atoms with Crippen LogP contribution in [0.25, 0.3) is 0 Å². The molecular formula is C14H20O3S. The molecule has 0 saturated heterocycles. The lowest BCUT2D eigenvalue weighted by Crippen LogP contribution is -2.02. The molecular weight excluding hydrogens is 248 g/mol. The molecule has 1 unspecified atom stereocenters. The molecule has 0 aliphatic heterocycles. The fourth-order valence-electron chi connectivity index (χ4n) is 1.69. The second-order valence-electron chi connectivity index (χ2n) is 4.35. The summed E-state index contributed by atoms with van der Waals surface area (Å²) in [6, 6.07) is 6.61. The van der Waals surface area contributed by atoms with E-state index in [1.807, 2.05) is 0 Å². The molecule has 3 nitrogen and oxygen atoms in total. The fraction of sp³-hybridized carbons (Fsp3) is 0.500. The number of carboxylic acid groups (broad SMARTS) is 1. The maximum absolute atomic E-state index is 11.8. The molecule has 0 radical (unpaired) electrons. The van der Waals surface area contributed by atoms with Crippen molar-refractivity contribution in [3.63, 3.8) is 0 Å². The van der Waals surface area contributed by atoms with E-state index in [9.17, 15) is 9.00 Å². The highest BCUT2D eigenvalue weighted by Crippen LogP contribution is 2.09. The van der Waals surface area contributed by atoms with Gasteiger partial charge in [-0.3, -0.25) is 4.21 Å². The fourth-order valence-corrected chi connectivity index (χ4v) is 2.93. The number of benzene rings is 1. The molecule has 0 bridgehead atoms. The van der Waals surface area contributed by atoms with Crippen molar-refractivity contribution in [3.05, 3.63) is 35.4 Å². The third-order valence-corrected chi connectivity index (χ3v) is 4.15. The van der Waals surface area contributed by atoms with E-state index in [-0.39, 0.29) is 5.56 Å². The SMILES string of the molecule is CCCCCCS(=O)Cc1ccc(C(=O)O)cc1. The Labute approximate surface area is 111 Å². The molecule has 1 atom stereocenters. The summed E-state index contributed by atoms with van der Waals surface area (Å²) >= 11 is 0. The Hall–Kier alpha value is -1.16. The van der Waals surface area contributed by atoms with Gasteiger partial charge in [0.05, 0.1) is 5.56 Å². The van der Waals surface area contributed by atoms with Crippen LogP contribution in [0.5, 0.6) is 0 Å². The summed E-state index contributed by atoms with van der Waals surface area (Å²) in [7, 11) is -0.839. The van der Waals surface area contributed by atoms with E-state index in [4.69, 9.17) is 5.11 Å². The monoisotopic (exact) mass is 268 g/mol. The van der Waals surface area contributed by atoms with E-state index in [2.05, 4.69) is 6.92 Å². The van der Waals surface area contributed by atoms with Gasteiger partial charge in [-0.05, 0) is 24.1 Å². The van der Waals surface area contributed by atoms with Crippen molar-refractivity contribution < 1.29 is 14.1 Å². The number of carbonyl (C=O) groups is 1. The first-order valence-electron chi connectivity index (χ1n) is 6.30. The van der Waals surface area contributed by atoms with Gasteiger partial charge in [-0.25, -0.2) is 4.79 Å². The van der Waals surface area contributed by atoms with Crippen LogP contribution in [0.3, 0.4) is 0 Å². The first-order valence-corrected chi connectivity index (χ1v) is 7.79. The number of carboxylic acids is 1. The van der Waals surface area contributed by atoms with Crippen LogP contribution >= 0.6 is 0 Å². The van der Waals surface area contributed by atoms with Crippen LogP contribution in [-0.2, 0) is 16.6 Å². The minimum atomic E-state index is -0.928.